The van der Waals surface area contributed by atoms with Crippen LogP contribution in [0.25, 0.3) is 11.1 Å². The summed E-state index contributed by atoms with van der Waals surface area (Å²) in [5.41, 5.74) is 7.71. The van der Waals surface area contributed by atoms with Gasteiger partial charge in [-0.15, -0.1) is 0 Å². The maximum Gasteiger partial charge on any atom is 0.243 e. The lowest BCUT2D eigenvalue weighted by Gasteiger charge is -2.10. The van der Waals surface area contributed by atoms with Gasteiger partial charge < -0.3 is 20.2 Å². The van der Waals surface area contributed by atoms with Gasteiger partial charge in [-0.25, -0.2) is 4.98 Å². The Morgan fingerprint density at radius 3 is 2.90 bits per heavy atom. The largest absolute Gasteiger partial charge is 0.440 e. The Labute approximate surface area is 117 Å². The number of carbonyl (C=O) groups excluding carboxylic acids is 1. The van der Waals surface area contributed by atoms with Gasteiger partial charge in [0, 0.05) is 18.7 Å². The summed E-state index contributed by atoms with van der Waals surface area (Å²) in [5.74, 6) is 0.605. The minimum atomic E-state index is -0.695. The van der Waals surface area contributed by atoms with Crippen LogP contribution in [0.2, 0.25) is 0 Å². The molecular formula is C14H19N3O3. The Balaban J connectivity index is 2.17. The van der Waals surface area contributed by atoms with E-state index in [-0.39, 0.29) is 18.4 Å². The number of anilines is 1. The molecule has 0 radical (unpaired) electrons. The average Bonchev–Trinajstić information content (AvgIpc) is 2.82. The van der Waals surface area contributed by atoms with Gasteiger partial charge in [0.25, 0.3) is 0 Å². The summed E-state index contributed by atoms with van der Waals surface area (Å²) in [6.45, 7) is 4.20. The van der Waals surface area contributed by atoms with Gasteiger partial charge in [-0.2, -0.15) is 0 Å². The van der Waals surface area contributed by atoms with Gasteiger partial charge >= 0.3 is 0 Å². The van der Waals surface area contributed by atoms with Crippen molar-refractivity contribution >= 4 is 22.7 Å². The molecule has 1 atom stereocenters. The van der Waals surface area contributed by atoms with Crippen molar-refractivity contribution in [1.29, 1.82) is 0 Å². The first-order chi connectivity index (χ1) is 9.51. The Hall–Kier alpha value is -1.92. The van der Waals surface area contributed by atoms with Crippen LogP contribution < -0.4 is 11.1 Å². The molecule has 0 spiro atoms. The molecule has 0 aliphatic carbocycles. The minimum Gasteiger partial charge on any atom is -0.440 e. The van der Waals surface area contributed by atoms with Gasteiger partial charge in [0.05, 0.1) is 6.61 Å². The number of rotatable bonds is 5. The maximum atomic E-state index is 11.8. The minimum absolute atomic E-state index is 0.176. The van der Waals surface area contributed by atoms with E-state index < -0.39 is 6.04 Å². The first-order valence-electron chi connectivity index (χ1n) is 6.47. The van der Waals surface area contributed by atoms with Gasteiger partial charge in [-0.1, -0.05) is 13.8 Å². The summed E-state index contributed by atoms with van der Waals surface area (Å²) < 4.78 is 10.5. The molecule has 6 heteroatoms. The number of amides is 1. The van der Waals surface area contributed by atoms with E-state index in [2.05, 4.69) is 10.3 Å². The van der Waals surface area contributed by atoms with Crippen LogP contribution in [-0.2, 0) is 9.53 Å². The molecule has 1 aromatic carbocycles. The molecule has 108 valence electrons. The Bertz CT molecular complexity index is 607. The number of oxazole rings is 1. The van der Waals surface area contributed by atoms with Gasteiger partial charge in [-0.05, 0) is 18.2 Å². The lowest BCUT2D eigenvalue weighted by molar-refractivity contribution is -0.118. The van der Waals surface area contributed by atoms with E-state index in [1.165, 1.54) is 7.11 Å². The fourth-order valence-corrected chi connectivity index (χ4v) is 1.76. The second-order valence-electron chi connectivity index (χ2n) is 4.94. The molecule has 0 bridgehead atoms. The number of hydrogen-bond donors (Lipinski definition) is 2. The van der Waals surface area contributed by atoms with Crippen molar-refractivity contribution in [3.05, 3.63) is 24.1 Å². The molecule has 0 saturated carbocycles. The number of nitrogens with zero attached hydrogens (tertiary/aromatic N) is 1. The number of hydrogen-bond acceptors (Lipinski definition) is 5. The third kappa shape index (κ3) is 3.15. The van der Waals surface area contributed by atoms with Crippen LogP contribution in [0.1, 0.15) is 25.7 Å². The van der Waals surface area contributed by atoms with E-state index in [0.717, 1.165) is 0 Å². The predicted octanol–water partition coefficient (Wildman–Crippen LogP) is 1.86. The molecule has 2 aromatic rings. The predicted molar refractivity (Wildman–Crippen MR) is 76.6 cm³/mol. The molecule has 0 aliphatic rings. The highest BCUT2D eigenvalue weighted by molar-refractivity contribution is 5.96. The average molecular weight is 277 g/mol. The number of nitrogens with one attached hydrogen (secondary N) is 1. The number of benzene rings is 1. The van der Waals surface area contributed by atoms with Gasteiger partial charge in [-0.3, -0.25) is 4.79 Å². The monoisotopic (exact) mass is 277 g/mol. The summed E-state index contributed by atoms with van der Waals surface area (Å²) >= 11 is 0. The Morgan fingerprint density at radius 1 is 1.50 bits per heavy atom. The second-order valence-corrected chi connectivity index (χ2v) is 4.94. The molecule has 1 unspecified atom stereocenters. The molecule has 1 aromatic heterocycles. The van der Waals surface area contributed by atoms with Crippen LogP contribution in [0, 0.1) is 0 Å². The summed E-state index contributed by atoms with van der Waals surface area (Å²) in [4.78, 5) is 16.2. The normalized spacial score (nSPS) is 12.8. The highest BCUT2D eigenvalue weighted by atomic mass is 16.5. The molecule has 1 amide bonds. The van der Waals surface area contributed by atoms with Gasteiger partial charge in [0.2, 0.25) is 5.91 Å². The maximum absolute atomic E-state index is 11.8. The lowest BCUT2D eigenvalue weighted by atomic mass is 10.2. The molecule has 0 saturated heterocycles. The second kappa shape index (κ2) is 6.02. The van der Waals surface area contributed by atoms with E-state index >= 15 is 0 Å². The van der Waals surface area contributed by atoms with Crippen LogP contribution in [0.3, 0.4) is 0 Å². The first-order valence-corrected chi connectivity index (χ1v) is 6.47. The molecule has 2 rings (SSSR count). The number of carbonyl (C=O) groups is 1. The lowest BCUT2D eigenvalue weighted by Crippen LogP contribution is -2.39. The number of fused-ring (bicyclic) bond motifs is 1. The van der Waals surface area contributed by atoms with E-state index in [4.69, 9.17) is 14.9 Å². The van der Waals surface area contributed by atoms with E-state index in [1.54, 1.807) is 18.2 Å². The van der Waals surface area contributed by atoms with E-state index in [1.807, 2.05) is 13.8 Å². The van der Waals surface area contributed by atoms with Crippen molar-refractivity contribution in [2.45, 2.75) is 25.8 Å². The van der Waals surface area contributed by atoms with Gasteiger partial charge in [0.15, 0.2) is 11.5 Å². The van der Waals surface area contributed by atoms with Gasteiger partial charge in [0.1, 0.15) is 11.6 Å². The molecule has 0 fully saturated rings. The first kappa shape index (κ1) is 14.5. The molecule has 0 aliphatic heterocycles. The highest BCUT2D eigenvalue weighted by Gasteiger charge is 2.14. The van der Waals surface area contributed by atoms with Crippen LogP contribution in [0.15, 0.2) is 22.6 Å². The Kier molecular flexibility index (Phi) is 4.36. The third-order valence-electron chi connectivity index (χ3n) is 2.85. The van der Waals surface area contributed by atoms with E-state index in [9.17, 15) is 4.79 Å². The number of methoxy groups -OCH3 is 1. The Morgan fingerprint density at radius 2 is 2.25 bits per heavy atom. The van der Waals surface area contributed by atoms with E-state index in [0.29, 0.717) is 22.7 Å². The fourth-order valence-electron chi connectivity index (χ4n) is 1.76. The highest BCUT2D eigenvalue weighted by Crippen LogP contribution is 2.23. The summed E-state index contributed by atoms with van der Waals surface area (Å²) in [6, 6.07) is 4.61. The van der Waals surface area contributed by atoms with Crippen LogP contribution >= 0.6 is 0 Å². The SMILES string of the molecule is COCC(N)C(=O)Nc1ccc2oc(C(C)C)nc2c1. The van der Waals surface area contributed by atoms with Crippen molar-refractivity contribution in [1.82, 2.24) is 4.98 Å². The van der Waals surface area contributed by atoms with Crippen LogP contribution in [-0.4, -0.2) is 30.6 Å². The van der Waals surface area contributed by atoms with Crippen molar-refractivity contribution in [3.63, 3.8) is 0 Å². The van der Waals surface area contributed by atoms with Crippen molar-refractivity contribution in [3.8, 4) is 0 Å². The topological polar surface area (TPSA) is 90.4 Å². The number of aromatic nitrogens is 1. The molecular weight excluding hydrogens is 258 g/mol. The standard InChI is InChI=1S/C14H19N3O3/c1-8(2)14-17-11-6-9(4-5-12(11)20-14)16-13(18)10(15)7-19-3/h4-6,8,10H,7,15H2,1-3H3,(H,16,18). The van der Waals surface area contributed by atoms with Crippen LogP contribution in [0.5, 0.6) is 0 Å². The van der Waals surface area contributed by atoms with Crippen molar-refractivity contribution in [2.75, 3.05) is 19.0 Å². The zero-order valence-electron chi connectivity index (χ0n) is 11.8. The molecule has 1 heterocycles. The van der Waals surface area contributed by atoms with Crippen LogP contribution in [0.4, 0.5) is 5.69 Å². The number of nitrogens with two attached hydrogens (primary N) is 1. The molecule has 6 nitrogen and oxygen atoms in total. The fraction of sp³-hybridized carbons (Fsp3) is 0.429. The third-order valence-corrected chi connectivity index (χ3v) is 2.85. The molecule has 20 heavy (non-hydrogen) atoms. The summed E-state index contributed by atoms with van der Waals surface area (Å²) in [5, 5.41) is 2.73. The zero-order valence-corrected chi connectivity index (χ0v) is 11.8. The zero-order chi connectivity index (χ0) is 14.7. The smallest absolute Gasteiger partial charge is 0.243 e. The summed E-state index contributed by atoms with van der Waals surface area (Å²) in [7, 11) is 1.50. The number of ether oxygens (including phenoxy) is 1. The van der Waals surface area contributed by atoms with Crippen molar-refractivity contribution < 1.29 is 13.9 Å². The molecule has 3 N–H and O–H groups in total. The summed E-state index contributed by atoms with van der Waals surface area (Å²) in [6.07, 6.45) is 0. The van der Waals surface area contributed by atoms with Crippen molar-refractivity contribution in [2.24, 2.45) is 5.73 Å². The quantitative estimate of drug-likeness (QED) is 0.870.